The van der Waals surface area contributed by atoms with Gasteiger partial charge in [-0.05, 0) is 65.4 Å². The molecule has 0 bridgehead atoms. The van der Waals surface area contributed by atoms with Crippen molar-refractivity contribution in [3.05, 3.63) is 82.7 Å². The quantitative estimate of drug-likeness (QED) is 0.429. The number of rotatable bonds is 6. The van der Waals surface area contributed by atoms with Crippen molar-refractivity contribution in [1.29, 1.82) is 0 Å². The Morgan fingerprint density at radius 2 is 1.71 bits per heavy atom. The molecule has 5 nitrogen and oxygen atoms in total. The molecule has 1 fully saturated rings. The molecule has 0 atom stereocenters. The predicted octanol–water partition coefficient (Wildman–Crippen LogP) is 6.03. The number of halogens is 4. The Morgan fingerprint density at radius 3 is 2.40 bits per heavy atom. The molecule has 1 saturated carbocycles. The number of hydrogen-bond donors (Lipinski definition) is 1. The van der Waals surface area contributed by atoms with E-state index in [9.17, 15) is 32.3 Å². The molecule has 0 unspecified atom stereocenters. The van der Waals surface area contributed by atoms with Crippen LogP contribution in [-0.4, -0.2) is 23.7 Å². The van der Waals surface area contributed by atoms with Gasteiger partial charge in [0, 0.05) is 7.85 Å². The van der Waals surface area contributed by atoms with Crippen LogP contribution in [0.3, 0.4) is 0 Å². The number of hydrogen-bond acceptors (Lipinski definition) is 4. The van der Waals surface area contributed by atoms with Crippen LogP contribution in [0.4, 0.5) is 17.6 Å². The molecule has 3 aromatic carbocycles. The monoisotopic (exact) mass is 488 g/mol. The van der Waals surface area contributed by atoms with Gasteiger partial charge in [-0.2, -0.15) is 13.2 Å². The summed E-state index contributed by atoms with van der Waals surface area (Å²) in [6, 6.07) is 11.4. The maximum absolute atomic E-state index is 13.8. The Kier molecular flexibility index (Phi) is 5.30. The van der Waals surface area contributed by atoms with Crippen molar-refractivity contribution in [3.63, 3.8) is 0 Å². The summed E-state index contributed by atoms with van der Waals surface area (Å²) in [5.74, 6) is -1.66. The number of carbonyl (C=O) groups is 2. The van der Waals surface area contributed by atoms with E-state index in [1.165, 1.54) is 12.1 Å². The largest absolute Gasteiger partial charge is 0.478 e. The van der Waals surface area contributed by atoms with Gasteiger partial charge in [-0.3, -0.25) is 4.79 Å². The molecule has 1 N–H and O–H groups in total. The summed E-state index contributed by atoms with van der Waals surface area (Å²) in [5, 5.41) is 9.18. The molecule has 182 valence electrons. The Hall–Kier alpha value is -3.88. The van der Waals surface area contributed by atoms with E-state index >= 15 is 0 Å². The second-order valence-corrected chi connectivity index (χ2v) is 8.63. The number of carboxylic acids is 1. The number of fused-ring (bicyclic) bond motifs is 1. The molecule has 35 heavy (non-hydrogen) atoms. The third-order valence-corrected chi connectivity index (χ3v) is 6.47. The molecule has 1 heterocycles. The van der Waals surface area contributed by atoms with Crippen molar-refractivity contribution in [2.75, 3.05) is 6.79 Å². The van der Waals surface area contributed by atoms with E-state index in [0.717, 1.165) is 29.8 Å². The van der Waals surface area contributed by atoms with E-state index in [1.807, 2.05) is 0 Å². The highest BCUT2D eigenvalue weighted by molar-refractivity contribution is 5.95. The lowest BCUT2D eigenvalue weighted by Gasteiger charge is -2.18. The molecule has 0 spiro atoms. The number of alkyl halides is 3. The van der Waals surface area contributed by atoms with Gasteiger partial charge >= 0.3 is 12.1 Å². The van der Waals surface area contributed by atoms with Crippen LogP contribution < -0.4 is 9.47 Å². The fraction of sp³-hybridized carbons (Fsp3) is 0.231. The number of ketones is 1. The second-order valence-electron chi connectivity index (χ2n) is 8.63. The average molecular weight is 488 g/mol. The third-order valence-electron chi connectivity index (χ3n) is 6.47. The Bertz CT molecular complexity index is 1360. The van der Waals surface area contributed by atoms with Crippen LogP contribution in [0, 0.1) is 5.82 Å². The first-order valence-corrected chi connectivity index (χ1v) is 10.8. The zero-order chi connectivity index (χ0) is 25.0. The normalized spacial score (nSPS) is 15.7. The summed E-state index contributed by atoms with van der Waals surface area (Å²) < 4.78 is 65.7. The first-order valence-electron chi connectivity index (χ1n) is 10.8. The van der Waals surface area contributed by atoms with E-state index in [4.69, 9.17) is 9.47 Å². The highest BCUT2D eigenvalue weighted by atomic mass is 19.4. The lowest BCUT2D eigenvalue weighted by molar-refractivity contribution is -0.137. The summed E-state index contributed by atoms with van der Waals surface area (Å²) in [7, 11) is 0. The molecule has 0 aromatic heterocycles. The van der Waals surface area contributed by atoms with E-state index in [2.05, 4.69) is 0 Å². The first-order chi connectivity index (χ1) is 16.6. The Balaban J connectivity index is 0.00000304. The van der Waals surface area contributed by atoms with E-state index < -0.39 is 34.5 Å². The Morgan fingerprint density at radius 1 is 0.971 bits per heavy atom. The molecule has 3 aromatic rings. The summed E-state index contributed by atoms with van der Waals surface area (Å²) in [6.45, 7) is 0.0983. The fourth-order valence-electron chi connectivity index (χ4n) is 4.45. The average Bonchev–Trinajstić information content (AvgIpc) is 3.49. The SMILES string of the molecule is O=C(O)c1cc(-c2cc(CC(=O)C3(c4ccc5c(c4)OCO5)CC3)ccc2C(F)(F)F)ccc1F.[HH]. The maximum Gasteiger partial charge on any atom is 0.417 e. The minimum absolute atomic E-state index is 0. The van der Waals surface area contributed by atoms with Crippen molar-refractivity contribution >= 4 is 11.8 Å². The zero-order valence-corrected chi connectivity index (χ0v) is 18.1. The summed E-state index contributed by atoms with van der Waals surface area (Å²) in [6.07, 6.45) is -3.63. The van der Waals surface area contributed by atoms with Gasteiger partial charge in [-0.25, -0.2) is 9.18 Å². The van der Waals surface area contributed by atoms with Crippen molar-refractivity contribution in [1.82, 2.24) is 0 Å². The van der Waals surface area contributed by atoms with E-state index in [0.29, 0.717) is 29.9 Å². The van der Waals surface area contributed by atoms with Gasteiger partial charge in [0.2, 0.25) is 6.79 Å². The van der Waals surface area contributed by atoms with Crippen LogP contribution in [0.5, 0.6) is 11.5 Å². The van der Waals surface area contributed by atoms with Gasteiger partial charge < -0.3 is 14.6 Å². The van der Waals surface area contributed by atoms with Gasteiger partial charge in [0.15, 0.2) is 11.5 Å². The van der Waals surface area contributed by atoms with Gasteiger partial charge in [-0.1, -0.05) is 24.3 Å². The van der Waals surface area contributed by atoms with Gasteiger partial charge in [0.25, 0.3) is 0 Å². The number of benzene rings is 3. The van der Waals surface area contributed by atoms with Crippen molar-refractivity contribution in [3.8, 4) is 22.6 Å². The lowest BCUT2D eigenvalue weighted by Crippen LogP contribution is -2.22. The van der Waals surface area contributed by atoms with Gasteiger partial charge in [0.1, 0.15) is 11.6 Å². The van der Waals surface area contributed by atoms with Crippen molar-refractivity contribution in [2.24, 2.45) is 0 Å². The molecule has 0 radical (unpaired) electrons. The van der Waals surface area contributed by atoms with Crippen LogP contribution in [0.15, 0.2) is 54.6 Å². The summed E-state index contributed by atoms with van der Waals surface area (Å²) >= 11 is 0. The lowest BCUT2D eigenvalue weighted by atomic mass is 9.86. The van der Waals surface area contributed by atoms with Crippen molar-refractivity contribution in [2.45, 2.75) is 30.9 Å². The number of carboxylic acid groups (broad SMARTS) is 1. The maximum atomic E-state index is 13.8. The highest BCUT2D eigenvalue weighted by Crippen LogP contribution is 2.51. The molecule has 1 aliphatic heterocycles. The molecule has 0 amide bonds. The van der Waals surface area contributed by atoms with Crippen LogP contribution in [0.2, 0.25) is 0 Å². The number of aromatic carboxylic acids is 1. The van der Waals surface area contributed by atoms with Gasteiger partial charge in [-0.15, -0.1) is 0 Å². The zero-order valence-electron chi connectivity index (χ0n) is 18.1. The van der Waals surface area contributed by atoms with Crippen molar-refractivity contribution < 1.29 is 43.2 Å². The third kappa shape index (κ3) is 4.11. The van der Waals surface area contributed by atoms with Crippen LogP contribution >= 0.6 is 0 Å². The molecule has 9 heteroatoms. The fourth-order valence-corrected chi connectivity index (χ4v) is 4.45. The minimum atomic E-state index is -4.74. The van der Waals surface area contributed by atoms with E-state index in [-0.39, 0.29) is 31.6 Å². The number of ether oxygens (including phenoxy) is 2. The molecule has 0 saturated heterocycles. The number of carbonyl (C=O) groups excluding carboxylic acids is 1. The van der Waals surface area contributed by atoms with Crippen LogP contribution in [0.1, 0.15) is 41.3 Å². The van der Waals surface area contributed by atoms with Crippen LogP contribution in [-0.2, 0) is 22.8 Å². The first kappa shape index (κ1) is 22.9. The summed E-state index contributed by atoms with van der Waals surface area (Å²) in [5.41, 5.74) is -1.81. The molecular weight excluding hydrogens is 468 g/mol. The predicted molar refractivity (Wildman–Crippen MR) is 118 cm³/mol. The summed E-state index contributed by atoms with van der Waals surface area (Å²) in [4.78, 5) is 24.6. The molecule has 2 aliphatic rings. The standard InChI is InChI=1S/C26H18F4O5.H2/c27-20-5-2-15(11-18(20)24(32)33)17-9-14(1-4-19(17)26(28,29)30)10-23(31)25(7-8-25)16-3-6-21-22(12-16)35-13-34-21;/h1-6,9,11-12H,7-8,10,13H2,(H,32,33);1H. The van der Waals surface area contributed by atoms with Gasteiger partial charge in [0.05, 0.1) is 16.5 Å². The molecule has 5 rings (SSSR count). The minimum Gasteiger partial charge on any atom is -0.478 e. The Labute approximate surface area is 198 Å². The highest BCUT2D eigenvalue weighted by Gasteiger charge is 2.51. The van der Waals surface area contributed by atoms with Crippen LogP contribution in [0.25, 0.3) is 11.1 Å². The van der Waals surface area contributed by atoms with E-state index in [1.54, 1.807) is 18.2 Å². The number of Topliss-reactive ketones (excluding diaryl/α,β-unsaturated/α-hetero) is 1. The smallest absolute Gasteiger partial charge is 0.417 e. The second kappa shape index (κ2) is 8.11. The molecular formula is C26H20F4O5. The molecule has 1 aliphatic carbocycles. The topological polar surface area (TPSA) is 72.8 Å².